The summed E-state index contributed by atoms with van der Waals surface area (Å²) in [6.45, 7) is 5.61. The average molecular weight is 389 g/mol. The van der Waals surface area contributed by atoms with E-state index in [9.17, 15) is 0 Å². The van der Waals surface area contributed by atoms with Crippen LogP contribution in [0.3, 0.4) is 0 Å². The first-order chi connectivity index (χ1) is 11.8. The lowest BCUT2D eigenvalue weighted by molar-refractivity contribution is 0.151. The molecule has 0 unspecified atom stereocenters. The molecule has 1 aliphatic carbocycles. The van der Waals surface area contributed by atoms with E-state index in [1.165, 1.54) is 15.7 Å². The number of benzene rings is 1. The average Bonchev–Trinajstić information content (AvgIpc) is 2.95. The van der Waals surface area contributed by atoms with Crippen LogP contribution in [0.15, 0.2) is 52.7 Å². The van der Waals surface area contributed by atoms with Crippen molar-refractivity contribution in [3.05, 3.63) is 58.2 Å². The number of ether oxygens (including phenoxy) is 2. The van der Waals surface area contributed by atoms with E-state index in [0.717, 1.165) is 50.6 Å². The first-order valence-electron chi connectivity index (χ1n) is 8.36. The molecule has 24 heavy (non-hydrogen) atoms. The van der Waals surface area contributed by atoms with E-state index in [1.807, 2.05) is 6.07 Å². The van der Waals surface area contributed by atoms with E-state index in [-0.39, 0.29) is 0 Å². The number of rotatable bonds is 3. The van der Waals surface area contributed by atoms with Crippen molar-refractivity contribution in [3.63, 3.8) is 0 Å². The Morgan fingerprint density at radius 1 is 0.958 bits per heavy atom. The zero-order valence-corrected chi connectivity index (χ0v) is 15.2. The molecule has 3 aliphatic rings. The Hall–Kier alpha value is -1.72. The molecule has 4 nitrogen and oxygen atoms in total. The van der Waals surface area contributed by atoms with Crippen LogP contribution in [-0.4, -0.2) is 42.8 Å². The van der Waals surface area contributed by atoms with Crippen LogP contribution in [0.25, 0.3) is 0 Å². The molecule has 0 bridgehead atoms. The molecule has 0 aromatic heterocycles. The van der Waals surface area contributed by atoms with Crippen LogP contribution in [0.5, 0.6) is 11.5 Å². The van der Waals surface area contributed by atoms with Gasteiger partial charge in [0.2, 0.25) is 6.79 Å². The van der Waals surface area contributed by atoms with Crippen molar-refractivity contribution >= 4 is 15.9 Å². The molecule has 1 fully saturated rings. The lowest BCUT2D eigenvalue weighted by atomic mass is 10.1. The Morgan fingerprint density at radius 2 is 1.75 bits per heavy atom. The summed E-state index contributed by atoms with van der Waals surface area (Å²) >= 11 is 3.64. The highest BCUT2D eigenvalue weighted by Gasteiger charge is 2.20. The fraction of sp³-hybridized carbons (Fsp3) is 0.368. The summed E-state index contributed by atoms with van der Waals surface area (Å²) < 4.78 is 12.1. The van der Waals surface area contributed by atoms with E-state index in [1.54, 1.807) is 0 Å². The number of piperazine rings is 1. The molecule has 4 rings (SSSR count). The summed E-state index contributed by atoms with van der Waals surface area (Å²) in [5.41, 5.74) is 2.68. The Bertz CT molecular complexity index is 703. The second-order valence-electron chi connectivity index (χ2n) is 6.28. The molecule has 0 N–H and O–H groups in total. The predicted molar refractivity (Wildman–Crippen MR) is 98.3 cm³/mol. The first kappa shape index (κ1) is 15.8. The van der Waals surface area contributed by atoms with Crippen LogP contribution in [-0.2, 0) is 6.54 Å². The van der Waals surface area contributed by atoms with Gasteiger partial charge in [0.05, 0.1) is 0 Å². The van der Waals surface area contributed by atoms with Gasteiger partial charge in [-0.05, 0) is 23.8 Å². The summed E-state index contributed by atoms with van der Waals surface area (Å²) in [7, 11) is 0. The maximum absolute atomic E-state index is 5.47. The van der Waals surface area contributed by atoms with E-state index >= 15 is 0 Å². The summed E-state index contributed by atoms with van der Waals surface area (Å²) in [6.07, 6.45) is 9.56. The predicted octanol–water partition coefficient (Wildman–Crippen LogP) is 3.66. The third-order valence-electron chi connectivity index (χ3n) is 4.65. The number of nitrogens with zero attached hydrogens (tertiary/aromatic N) is 2. The van der Waals surface area contributed by atoms with Crippen molar-refractivity contribution in [3.8, 4) is 11.5 Å². The third kappa shape index (κ3) is 3.52. The van der Waals surface area contributed by atoms with E-state index in [0.29, 0.717) is 6.79 Å². The molecular weight excluding hydrogens is 368 g/mol. The number of hydrogen-bond acceptors (Lipinski definition) is 4. The molecule has 0 saturated carbocycles. The molecule has 5 heteroatoms. The highest BCUT2D eigenvalue weighted by atomic mass is 79.9. The molecule has 2 heterocycles. The quantitative estimate of drug-likeness (QED) is 0.788. The van der Waals surface area contributed by atoms with Crippen molar-refractivity contribution in [1.29, 1.82) is 0 Å². The lowest BCUT2D eigenvalue weighted by Gasteiger charge is -2.37. The maximum atomic E-state index is 5.47. The van der Waals surface area contributed by atoms with Gasteiger partial charge in [-0.15, -0.1) is 0 Å². The molecule has 0 atom stereocenters. The van der Waals surface area contributed by atoms with E-state index < -0.39 is 0 Å². The van der Waals surface area contributed by atoms with Gasteiger partial charge in [0.15, 0.2) is 11.5 Å². The Morgan fingerprint density at radius 3 is 2.62 bits per heavy atom. The van der Waals surface area contributed by atoms with Crippen molar-refractivity contribution in [2.45, 2.75) is 13.0 Å². The fourth-order valence-corrected chi connectivity index (χ4v) is 3.77. The van der Waals surface area contributed by atoms with Gasteiger partial charge in [0.1, 0.15) is 0 Å². The zero-order valence-electron chi connectivity index (χ0n) is 13.6. The number of allylic oxidation sites excluding steroid dienone is 5. The van der Waals surface area contributed by atoms with Gasteiger partial charge in [0.25, 0.3) is 0 Å². The van der Waals surface area contributed by atoms with Gasteiger partial charge in [-0.25, -0.2) is 0 Å². The van der Waals surface area contributed by atoms with Gasteiger partial charge in [-0.1, -0.05) is 40.2 Å². The smallest absolute Gasteiger partial charge is 0.231 e. The normalized spacial score (nSPS) is 20.6. The van der Waals surface area contributed by atoms with Crippen molar-refractivity contribution in [2.75, 3.05) is 33.0 Å². The largest absolute Gasteiger partial charge is 0.454 e. The number of halogens is 1. The molecule has 0 radical (unpaired) electrons. The van der Waals surface area contributed by atoms with Gasteiger partial charge < -0.3 is 14.4 Å². The number of fused-ring (bicyclic) bond motifs is 1. The summed E-state index contributed by atoms with van der Waals surface area (Å²) in [4.78, 5) is 5.01. The summed E-state index contributed by atoms with van der Waals surface area (Å²) in [6, 6.07) is 6.26. The molecule has 126 valence electrons. The minimum Gasteiger partial charge on any atom is -0.454 e. The Balaban J connectivity index is 1.34. The standard InChI is InChI=1S/C19H21BrN2O2/c20-16-3-1-2-4-17(12-16)22-9-7-21(8-10-22)13-15-5-6-18-19(11-15)24-14-23-18/h1-6,11H,7-10,12-14H2. The van der Waals surface area contributed by atoms with Crippen LogP contribution in [0.1, 0.15) is 12.0 Å². The van der Waals surface area contributed by atoms with E-state index in [2.05, 4.69) is 62.2 Å². The van der Waals surface area contributed by atoms with Gasteiger partial charge in [0, 0.05) is 49.3 Å². The second kappa shape index (κ2) is 7.03. The Kier molecular flexibility index (Phi) is 4.63. The minimum absolute atomic E-state index is 0.338. The SMILES string of the molecule is BrC1=CC=CC=C(N2CCN(Cc3ccc4c(c3)OCO4)CC2)C1. The summed E-state index contributed by atoms with van der Waals surface area (Å²) in [5.74, 6) is 1.73. The van der Waals surface area contributed by atoms with Crippen molar-refractivity contribution < 1.29 is 9.47 Å². The molecule has 2 aliphatic heterocycles. The molecule has 0 amide bonds. The minimum atomic E-state index is 0.338. The topological polar surface area (TPSA) is 24.9 Å². The third-order valence-corrected chi connectivity index (χ3v) is 5.19. The van der Waals surface area contributed by atoms with Gasteiger partial charge >= 0.3 is 0 Å². The van der Waals surface area contributed by atoms with Crippen LogP contribution in [0.2, 0.25) is 0 Å². The molecule has 1 saturated heterocycles. The molecular formula is C19H21BrN2O2. The second-order valence-corrected chi connectivity index (χ2v) is 7.30. The van der Waals surface area contributed by atoms with Gasteiger partial charge in [-0.2, -0.15) is 0 Å². The van der Waals surface area contributed by atoms with Gasteiger partial charge in [-0.3, -0.25) is 4.90 Å². The lowest BCUT2D eigenvalue weighted by Crippen LogP contribution is -2.45. The highest BCUT2D eigenvalue weighted by Crippen LogP contribution is 2.33. The maximum Gasteiger partial charge on any atom is 0.231 e. The summed E-state index contributed by atoms with van der Waals surface area (Å²) in [5, 5.41) is 0. The molecule has 1 aromatic carbocycles. The van der Waals surface area contributed by atoms with Crippen LogP contribution >= 0.6 is 15.9 Å². The number of hydrogen-bond donors (Lipinski definition) is 0. The van der Waals surface area contributed by atoms with E-state index in [4.69, 9.17) is 9.47 Å². The van der Waals surface area contributed by atoms with Crippen molar-refractivity contribution in [2.24, 2.45) is 0 Å². The highest BCUT2D eigenvalue weighted by molar-refractivity contribution is 9.11. The monoisotopic (exact) mass is 388 g/mol. The van der Waals surface area contributed by atoms with Crippen LogP contribution < -0.4 is 9.47 Å². The fourth-order valence-electron chi connectivity index (χ4n) is 3.33. The van der Waals surface area contributed by atoms with Crippen molar-refractivity contribution in [1.82, 2.24) is 9.80 Å². The van der Waals surface area contributed by atoms with Crippen LogP contribution in [0, 0.1) is 0 Å². The molecule has 0 spiro atoms. The first-order valence-corrected chi connectivity index (χ1v) is 9.15. The van der Waals surface area contributed by atoms with Crippen LogP contribution in [0.4, 0.5) is 0 Å². The zero-order chi connectivity index (χ0) is 16.4. The molecule has 1 aromatic rings. The Labute approximate surface area is 151 Å².